The van der Waals surface area contributed by atoms with E-state index in [2.05, 4.69) is 0 Å². The van der Waals surface area contributed by atoms with Crippen LogP contribution in [0.15, 0.2) is 0 Å². The number of hydrogen-bond acceptors (Lipinski definition) is 1. The Morgan fingerprint density at radius 3 is 2.43 bits per heavy atom. The van der Waals surface area contributed by atoms with Crippen LogP contribution in [0.5, 0.6) is 0 Å². The molecule has 0 aliphatic heterocycles. The lowest BCUT2D eigenvalue weighted by Crippen LogP contribution is -2.03. The fraction of sp³-hybridized carbons (Fsp3) is 1.00. The Morgan fingerprint density at radius 1 is 2.00 bits per heavy atom. The SMILES string of the molecule is C[C@@]1(CO)C[C@@H]1F. The number of hydrogen-bond donors (Lipinski definition) is 1. The summed E-state index contributed by atoms with van der Waals surface area (Å²) in [7, 11) is 0. The van der Waals surface area contributed by atoms with Crippen LogP contribution in [0.2, 0.25) is 0 Å². The van der Waals surface area contributed by atoms with E-state index in [9.17, 15) is 4.39 Å². The first-order valence-corrected chi connectivity index (χ1v) is 2.44. The van der Waals surface area contributed by atoms with Crippen molar-refractivity contribution in [3.05, 3.63) is 0 Å². The number of aliphatic hydroxyl groups is 1. The van der Waals surface area contributed by atoms with Crippen molar-refractivity contribution in [2.45, 2.75) is 19.5 Å². The van der Waals surface area contributed by atoms with E-state index in [0.717, 1.165) is 0 Å². The first-order valence-electron chi connectivity index (χ1n) is 2.44. The topological polar surface area (TPSA) is 20.2 Å². The molecule has 2 atom stereocenters. The van der Waals surface area contributed by atoms with Gasteiger partial charge in [0.1, 0.15) is 6.17 Å². The lowest BCUT2D eigenvalue weighted by Gasteiger charge is -1.97. The number of aliphatic hydroxyl groups excluding tert-OH is 1. The Kier molecular flexibility index (Phi) is 0.854. The summed E-state index contributed by atoms with van der Waals surface area (Å²) in [6.45, 7) is 1.74. The third-order valence-corrected chi connectivity index (χ3v) is 1.60. The van der Waals surface area contributed by atoms with Crippen molar-refractivity contribution in [1.29, 1.82) is 0 Å². The average molecular weight is 104 g/mol. The van der Waals surface area contributed by atoms with Crippen molar-refractivity contribution in [2.75, 3.05) is 6.61 Å². The average Bonchev–Trinajstić information content (AvgIpc) is 2.18. The van der Waals surface area contributed by atoms with Crippen LogP contribution >= 0.6 is 0 Å². The molecule has 0 aromatic carbocycles. The number of halogens is 1. The van der Waals surface area contributed by atoms with Crippen LogP contribution in [0.1, 0.15) is 13.3 Å². The van der Waals surface area contributed by atoms with Crippen molar-refractivity contribution in [2.24, 2.45) is 5.41 Å². The van der Waals surface area contributed by atoms with Crippen molar-refractivity contribution >= 4 is 0 Å². The number of alkyl halides is 1. The maximum atomic E-state index is 12.0. The molecule has 1 saturated carbocycles. The summed E-state index contributed by atoms with van der Waals surface area (Å²) in [4.78, 5) is 0. The molecule has 0 saturated heterocycles. The zero-order chi connectivity index (χ0) is 5.49. The molecule has 0 spiro atoms. The summed E-state index contributed by atoms with van der Waals surface area (Å²) < 4.78 is 12.0. The minimum atomic E-state index is -0.738. The van der Waals surface area contributed by atoms with Crippen molar-refractivity contribution in [3.63, 3.8) is 0 Å². The first-order chi connectivity index (χ1) is 3.19. The van der Waals surface area contributed by atoms with E-state index in [1.165, 1.54) is 0 Å². The summed E-state index contributed by atoms with van der Waals surface area (Å²) in [6.07, 6.45) is -0.193. The molecule has 1 N–H and O–H groups in total. The quantitative estimate of drug-likeness (QED) is 0.520. The van der Waals surface area contributed by atoms with Gasteiger partial charge in [0.05, 0.1) is 6.61 Å². The lowest BCUT2D eigenvalue weighted by molar-refractivity contribution is 0.199. The van der Waals surface area contributed by atoms with Crippen LogP contribution in [0.3, 0.4) is 0 Å². The van der Waals surface area contributed by atoms with Gasteiger partial charge in [-0.25, -0.2) is 4.39 Å². The molecule has 0 aromatic rings. The normalized spacial score (nSPS) is 49.3. The second-order valence-electron chi connectivity index (χ2n) is 2.48. The monoisotopic (exact) mass is 104 g/mol. The van der Waals surface area contributed by atoms with Gasteiger partial charge < -0.3 is 5.11 Å². The molecule has 0 aromatic heterocycles. The zero-order valence-electron chi connectivity index (χ0n) is 4.32. The van der Waals surface area contributed by atoms with E-state index < -0.39 is 6.17 Å². The van der Waals surface area contributed by atoms with Crippen molar-refractivity contribution in [3.8, 4) is 0 Å². The Bertz CT molecular complexity index is 80.1. The summed E-state index contributed by atoms with van der Waals surface area (Å²) in [5.41, 5.74) is -0.361. The largest absolute Gasteiger partial charge is 0.396 e. The molecule has 0 amide bonds. The van der Waals surface area contributed by atoms with Gasteiger partial charge in [-0.1, -0.05) is 6.92 Å². The van der Waals surface area contributed by atoms with Crippen LogP contribution in [0, 0.1) is 5.41 Å². The molecule has 1 aliphatic rings. The van der Waals surface area contributed by atoms with Gasteiger partial charge >= 0.3 is 0 Å². The van der Waals surface area contributed by atoms with Gasteiger partial charge in [-0.05, 0) is 6.42 Å². The molecule has 42 valence electrons. The van der Waals surface area contributed by atoms with Crippen LogP contribution in [-0.2, 0) is 0 Å². The molecule has 0 heterocycles. The highest BCUT2D eigenvalue weighted by Gasteiger charge is 2.50. The van der Waals surface area contributed by atoms with E-state index in [-0.39, 0.29) is 12.0 Å². The smallest absolute Gasteiger partial charge is 0.108 e. The zero-order valence-corrected chi connectivity index (χ0v) is 4.32. The van der Waals surface area contributed by atoms with Crippen LogP contribution in [0.25, 0.3) is 0 Å². The summed E-state index contributed by atoms with van der Waals surface area (Å²) in [5, 5.41) is 8.40. The standard InChI is InChI=1S/C5H9FO/c1-5(3-7)2-4(5)6/h4,7H,2-3H2,1H3/t4-,5-/m0/s1. The molecule has 0 unspecified atom stereocenters. The van der Waals surface area contributed by atoms with E-state index in [1.54, 1.807) is 6.92 Å². The van der Waals surface area contributed by atoms with Crippen molar-refractivity contribution < 1.29 is 9.50 Å². The summed E-state index contributed by atoms with van der Waals surface area (Å²) >= 11 is 0. The minimum absolute atomic E-state index is 0.00579. The third kappa shape index (κ3) is 0.630. The molecule has 1 nitrogen and oxygen atoms in total. The first kappa shape index (κ1) is 5.04. The molecule has 1 fully saturated rings. The molecule has 2 heteroatoms. The lowest BCUT2D eigenvalue weighted by atomic mass is 10.2. The van der Waals surface area contributed by atoms with Gasteiger partial charge in [-0.2, -0.15) is 0 Å². The molecule has 0 radical (unpaired) electrons. The Balaban J connectivity index is 2.36. The van der Waals surface area contributed by atoms with Gasteiger partial charge in [0.2, 0.25) is 0 Å². The van der Waals surface area contributed by atoms with Crippen molar-refractivity contribution in [1.82, 2.24) is 0 Å². The second kappa shape index (κ2) is 1.19. The predicted molar refractivity (Wildman–Crippen MR) is 24.7 cm³/mol. The Morgan fingerprint density at radius 2 is 2.43 bits per heavy atom. The van der Waals surface area contributed by atoms with E-state index >= 15 is 0 Å². The summed E-state index contributed by atoms with van der Waals surface area (Å²) in [6, 6.07) is 0. The maximum Gasteiger partial charge on any atom is 0.108 e. The van der Waals surface area contributed by atoms with E-state index in [4.69, 9.17) is 5.11 Å². The molecule has 7 heavy (non-hydrogen) atoms. The highest BCUT2D eigenvalue weighted by Crippen LogP contribution is 2.47. The van der Waals surface area contributed by atoms with Crippen LogP contribution in [-0.4, -0.2) is 17.9 Å². The maximum absolute atomic E-state index is 12.0. The van der Waals surface area contributed by atoms with Gasteiger partial charge in [-0.15, -0.1) is 0 Å². The fourth-order valence-electron chi connectivity index (χ4n) is 0.514. The highest BCUT2D eigenvalue weighted by atomic mass is 19.1. The third-order valence-electron chi connectivity index (χ3n) is 1.60. The van der Waals surface area contributed by atoms with Gasteiger partial charge in [0, 0.05) is 5.41 Å². The molecule has 0 bridgehead atoms. The highest BCUT2D eigenvalue weighted by molar-refractivity contribution is 4.98. The minimum Gasteiger partial charge on any atom is -0.396 e. The predicted octanol–water partition coefficient (Wildman–Crippen LogP) is 0.727. The molecule has 1 rings (SSSR count). The Hall–Kier alpha value is -0.110. The second-order valence-corrected chi connectivity index (χ2v) is 2.48. The Labute approximate surface area is 42.2 Å². The van der Waals surface area contributed by atoms with Gasteiger partial charge in [0.25, 0.3) is 0 Å². The fourth-order valence-corrected chi connectivity index (χ4v) is 0.514. The van der Waals surface area contributed by atoms with Crippen LogP contribution in [0.4, 0.5) is 4.39 Å². The van der Waals surface area contributed by atoms with Crippen LogP contribution < -0.4 is 0 Å². The summed E-state index contributed by atoms with van der Waals surface area (Å²) in [5.74, 6) is 0. The van der Waals surface area contributed by atoms with E-state index in [0.29, 0.717) is 6.42 Å². The van der Waals surface area contributed by atoms with E-state index in [1.807, 2.05) is 0 Å². The molecular formula is C5H9FO. The molecule has 1 aliphatic carbocycles. The van der Waals surface area contributed by atoms with Gasteiger partial charge in [0.15, 0.2) is 0 Å². The molecular weight excluding hydrogens is 95.1 g/mol. The number of rotatable bonds is 1. The van der Waals surface area contributed by atoms with Gasteiger partial charge in [-0.3, -0.25) is 0 Å².